The fraction of sp³-hybridized carbons (Fsp3) is 0.238. The average molecular weight is 871 g/mol. The van der Waals surface area contributed by atoms with E-state index >= 15 is 0 Å². The summed E-state index contributed by atoms with van der Waals surface area (Å²) in [6.45, 7) is 29.6. The normalized spacial score (nSPS) is 13.4. The quantitative estimate of drug-likeness (QED) is 0.165. The molecule has 2 aliphatic heterocycles. The molecule has 0 bridgehead atoms. The van der Waals surface area contributed by atoms with Gasteiger partial charge in [0.15, 0.2) is 0 Å². The van der Waals surface area contributed by atoms with E-state index in [1.807, 2.05) is 0 Å². The molecule has 0 unspecified atom stereocenters. The van der Waals surface area contributed by atoms with Crippen molar-refractivity contribution in [3.8, 4) is 33.4 Å². The molecular weight excluding hydrogens is 812 g/mol. The SMILES string of the molecule is Cc1cc(C)c(-c2cccc(N3c4cc(-c5c(C)cc(C)cc5C)ccc4B4c5c3cc3oc6ccc(C)cc6c3c5-c3cc(C(C)(C)C)cc5c6cc(C(C)(C)C)ccc6n4c35)c2)c(C)c1. The summed E-state index contributed by atoms with van der Waals surface area (Å²) in [5.41, 5.74) is 29.7. The van der Waals surface area contributed by atoms with Crippen LogP contribution >= 0.6 is 0 Å². The Kier molecular flexibility index (Phi) is 8.78. The third kappa shape index (κ3) is 6.11. The predicted octanol–water partition coefficient (Wildman–Crippen LogP) is 16.2. The number of benzene rings is 8. The van der Waals surface area contributed by atoms with Gasteiger partial charge in [-0.3, -0.25) is 0 Å². The molecule has 2 aliphatic rings. The molecule has 3 nitrogen and oxygen atoms in total. The van der Waals surface area contributed by atoms with Gasteiger partial charge in [-0.1, -0.05) is 119 Å². The molecule has 2 aromatic heterocycles. The van der Waals surface area contributed by atoms with Crippen molar-refractivity contribution in [2.45, 2.75) is 101 Å². The fourth-order valence-corrected chi connectivity index (χ4v) is 12.4. The maximum atomic E-state index is 7.08. The number of hydrogen-bond donors (Lipinski definition) is 0. The van der Waals surface area contributed by atoms with Gasteiger partial charge in [0.05, 0.1) is 0 Å². The van der Waals surface area contributed by atoms with E-state index in [1.54, 1.807) is 0 Å². The zero-order valence-electron chi connectivity index (χ0n) is 41.4. The number of anilines is 3. The van der Waals surface area contributed by atoms with Crippen LogP contribution in [-0.4, -0.2) is 11.3 Å². The first-order valence-electron chi connectivity index (χ1n) is 24.2. The van der Waals surface area contributed by atoms with E-state index < -0.39 is 0 Å². The molecule has 4 heterocycles. The summed E-state index contributed by atoms with van der Waals surface area (Å²) in [7, 11) is 0. The van der Waals surface area contributed by atoms with Gasteiger partial charge in [-0.25, -0.2) is 0 Å². The Morgan fingerprint density at radius 3 is 1.78 bits per heavy atom. The first-order chi connectivity index (χ1) is 31.8. The van der Waals surface area contributed by atoms with Gasteiger partial charge in [-0.2, -0.15) is 0 Å². The van der Waals surface area contributed by atoms with Gasteiger partial charge in [0.25, 0.3) is 0 Å². The molecule has 330 valence electrons. The maximum absolute atomic E-state index is 7.08. The minimum Gasteiger partial charge on any atom is -0.456 e. The van der Waals surface area contributed by atoms with Gasteiger partial charge in [0, 0.05) is 61.3 Å². The third-order valence-electron chi connectivity index (χ3n) is 15.2. The minimum absolute atomic E-state index is 0.00605. The molecule has 0 atom stereocenters. The predicted molar refractivity (Wildman–Crippen MR) is 289 cm³/mol. The Balaban J connectivity index is 1.27. The molecular formula is C63H59BN2O. The molecule has 0 aliphatic carbocycles. The Hall–Kier alpha value is -6.78. The van der Waals surface area contributed by atoms with Gasteiger partial charge in [-0.05, 0) is 186 Å². The van der Waals surface area contributed by atoms with Crippen molar-refractivity contribution >= 4 is 78.6 Å². The minimum atomic E-state index is -0.108. The van der Waals surface area contributed by atoms with Crippen LogP contribution in [0.3, 0.4) is 0 Å². The summed E-state index contributed by atoms with van der Waals surface area (Å²) < 4.78 is 9.80. The number of furan rings is 1. The summed E-state index contributed by atoms with van der Waals surface area (Å²) in [5, 5.41) is 5.01. The zero-order chi connectivity index (χ0) is 46.7. The van der Waals surface area contributed by atoms with Crippen LogP contribution in [0.1, 0.15) is 91.6 Å². The van der Waals surface area contributed by atoms with Crippen molar-refractivity contribution in [3.05, 3.63) is 171 Å². The molecule has 0 saturated heterocycles. The molecule has 4 heteroatoms. The fourth-order valence-electron chi connectivity index (χ4n) is 12.4. The van der Waals surface area contributed by atoms with E-state index in [9.17, 15) is 0 Å². The van der Waals surface area contributed by atoms with Crippen LogP contribution < -0.4 is 15.8 Å². The largest absolute Gasteiger partial charge is 0.456 e. The summed E-state index contributed by atoms with van der Waals surface area (Å²) in [5.74, 6) is 0. The Labute approximate surface area is 396 Å². The first kappa shape index (κ1) is 41.6. The van der Waals surface area contributed by atoms with E-state index in [1.165, 1.54) is 133 Å². The van der Waals surface area contributed by atoms with Gasteiger partial charge in [-0.15, -0.1) is 0 Å². The van der Waals surface area contributed by atoms with E-state index in [-0.39, 0.29) is 17.7 Å². The molecule has 8 aromatic carbocycles. The number of aryl methyl sites for hydroxylation is 7. The van der Waals surface area contributed by atoms with Gasteiger partial charge in [0.2, 0.25) is 0 Å². The van der Waals surface area contributed by atoms with Crippen LogP contribution in [0.5, 0.6) is 0 Å². The molecule has 12 rings (SSSR count). The van der Waals surface area contributed by atoms with E-state index in [4.69, 9.17) is 4.42 Å². The summed E-state index contributed by atoms with van der Waals surface area (Å²) in [4.78, 5) is 2.58. The number of hydrogen-bond acceptors (Lipinski definition) is 2. The number of fused-ring (bicyclic) bond motifs is 11. The molecule has 0 N–H and O–H groups in total. The number of aromatic nitrogens is 1. The maximum Gasteiger partial charge on any atom is 0.333 e. The highest BCUT2D eigenvalue weighted by atomic mass is 16.3. The highest BCUT2D eigenvalue weighted by Gasteiger charge is 2.45. The van der Waals surface area contributed by atoms with Crippen molar-refractivity contribution in [2.75, 3.05) is 4.90 Å². The molecule has 67 heavy (non-hydrogen) atoms. The third-order valence-corrected chi connectivity index (χ3v) is 15.2. The Morgan fingerprint density at radius 1 is 0.478 bits per heavy atom. The lowest BCUT2D eigenvalue weighted by atomic mass is 9.44. The summed E-state index contributed by atoms with van der Waals surface area (Å²) >= 11 is 0. The first-order valence-corrected chi connectivity index (χ1v) is 24.2. The molecule has 0 fully saturated rings. The van der Waals surface area contributed by atoms with Crippen LogP contribution in [0.15, 0.2) is 126 Å². The van der Waals surface area contributed by atoms with Crippen LogP contribution in [0.25, 0.3) is 77.1 Å². The highest BCUT2D eigenvalue weighted by Crippen LogP contribution is 2.52. The van der Waals surface area contributed by atoms with Crippen molar-refractivity contribution in [2.24, 2.45) is 0 Å². The number of rotatable bonds is 3. The number of nitrogens with zero attached hydrogens (tertiary/aromatic N) is 2. The Bertz CT molecular complexity index is 3760. The van der Waals surface area contributed by atoms with E-state index in [0.29, 0.717) is 0 Å². The highest BCUT2D eigenvalue weighted by molar-refractivity contribution is 6.90. The average Bonchev–Trinajstić information content (AvgIpc) is 3.78. The van der Waals surface area contributed by atoms with Crippen molar-refractivity contribution < 1.29 is 4.42 Å². The van der Waals surface area contributed by atoms with Gasteiger partial charge >= 0.3 is 6.85 Å². The smallest absolute Gasteiger partial charge is 0.333 e. The lowest BCUT2D eigenvalue weighted by Crippen LogP contribution is -2.56. The van der Waals surface area contributed by atoms with Gasteiger partial charge < -0.3 is 13.8 Å². The molecule has 10 aromatic rings. The van der Waals surface area contributed by atoms with Gasteiger partial charge in [0.1, 0.15) is 11.2 Å². The standard InChI is InChI=1S/C63H59BN2O/c1-34-17-22-54-48(27-34)58-55(67-54)33-53-60-59(58)49-32-44(63(11,12)13)31-47-46-30-43(62(8,9)10)19-21-51(46)66(61(47)49)64(60)50-20-18-42(57-39(6)25-36(3)26-40(57)7)29-52(50)65(53)45-16-14-15-41(28-45)56-37(4)23-35(2)24-38(56)5/h14-33H,1-13H3. The second kappa shape index (κ2) is 14.1. The zero-order valence-corrected chi connectivity index (χ0v) is 41.4. The topological polar surface area (TPSA) is 21.3 Å². The van der Waals surface area contributed by atoms with Crippen molar-refractivity contribution in [1.29, 1.82) is 0 Å². The van der Waals surface area contributed by atoms with Crippen LogP contribution in [0, 0.1) is 48.5 Å². The van der Waals surface area contributed by atoms with Crippen LogP contribution in [0.4, 0.5) is 17.1 Å². The molecule has 0 saturated carbocycles. The van der Waals surface area contributed by atoms with Crippen LogP contribution in [-0.2, 0) is 10.8 Å². The second-order valence-corrected chi connectivity index (χ2v) is 22.3. The monoisotopic (exact) mass is 870 g/mol. The van der Waals surface area contributed by atoms with Crippen molar-refractivity contribution in [3.63, 3.8) is 0 Å². The van der Waals surface area contributed by atoms with Crippen LogP contribution in [0.2, 0.25) is 0 Å². The lowest BCUT2D eigenvalue weighted by Gasteiger charge is -2.41. The lowest BCUT2D eigenvalue weighted by molar-refractivity contribution is 0.590. The van der Waals surface area contributed by atoms with E-state index in [0.717, 1.165) is 22.5 Å². The molecule has 0 spiro atoms. The second-order valence-electron chi connectivity index (χ2n) is 22.3. The molecule has 0 amide bonds. The van der Waals surface area contributed by atoms with E-state index in [2.05, 4.69) is 221 Å². The van der Waals surface area contributed by atoms with Crippen molar-refractivity contribution in [1.82, 2.24) is 4.48 Å². The summed E-state index contributed by atoms with van der Waals surface area (Å²) in [6.07, 6.45) is 0. The Morgan fingerprint density at radius 2 is 1.12 bits per heavy atom. The summed E-state index contributed by atoms with van der Waals surface area (Å²) in [6, 6.07) is 47.3. The molecule has 0 radical (unpaired) electrons.